The van der Waals surface area contributed by atoms with E-state index >= 15 is 0 Å². The van der Waals surface area contributed by atoms with Gasteiger partial charge in [-0.2, -0.15) is 4.98 Å². The first kappa shape index (κ1) is 12.3. The number of halogens is 2. The third-order valence-corrected chi connectivity index (χ3v) is 3.14. The van der Waals surface area contributed by atoms with Gasteiger partial charge in [0.2, 0.25) is 5.28 Å². The monoisotopic (exact) mass is 251 g/mol. The molecule has 0 saturated carbocycles. The lowest BCUT2D eigenvalue weighted by molar-refractivity contribution is 0.617. The molecule has 1 rings (SSSR count). The molecule has 1 heterocycles. The van der Waals surface area contributed by atoms with Gasteiger partial charge in [-0.15, -0.1) is 0 Å². The Bertz CT molecular complexity index is 364. The fraction of sp³-hybridized carbons (Fsp3) is 0.500. The minimum absolute atomic E-state index is 0.0180. The van der Waals surface area contributed by atoms with Crippen LogP contribution in [-0.4, -0.2) is 32.2 Å². The zero-order chi connectivity index (χ0) is 11.3. The van der Waals surface area contributed by atoms with Gasteiger partial charge < -0.3 is 5.32 Å². The van der Waals surface area contributed by atoms with Crippen molar-refractivity contribution in [2.45, 2.75) is 6.92 Å². The van der Waals surface area contributed by atoms with Crippen LogP contribution in [0.4, 0.5) is 10.2 Å². The standard InChI is InChI=1S/C8H11ClFN3OS/c1-2-15(14)4-3-11-7-6(10)5-12-8(9)13-7/h5H,2-4H2,1H3,(H,11,12,13). The van der Waals surface area contributed by atoms with Crippen molar-refractivity contribution in [1.29, 1.82) is 0 Å². The van der Waals surface area contributed by atoms with Gasteiger partial charge in [0.25, 0.3) is 0 Å². The van der Waals surface area contributed by atoms with Crippen LogP contribution in [0.15, 0.2) is 6.20 Å². The van der Waals surface area contributed by atoms with Gasteiger partial charge in [0, 0.05) is 28.9 Å². The number of anilines is 1. The Morgan fingerprint density at radius 1 is 1.67 bits per heavy atom. The second kappa shape index (κ2) is 5.97. The molecule has 0 aliphatic heterocycles. The van der Waals surface area contributed by atoms with Gasteiger partial charge in [-0.1, -0.05) is 6.92 Å². The van der Waals surface area contributed by atoms with Crippen molar-refractivity contribution >= 4 is 28.2 Å². The molecule has 0 saturated heterocycles. The normalized spacial score (nSPS) is 12.5. The molecule has 0 aliphatic rings. The molecular weight excluding hydrogens is 241 g/mol. The molecule has 0 radical (unpaired) electrons. The van der Waals surface area contributed by atoms with Crippen LogP contribution in [0.2, 0.25) is 5.28 Å². The molecular formula is C8H11ClFN3OS. The quantitative estimate of drug-likeness (QED) is 0.805. The van der Waals surface area contributed by atoms with E-state index in [2.05, 4.69) is 15.3 Å². The van der Waals surface area contributed by atoms with Crippen LogP contribution in [0.3, 0.4) is 0 Å². The molecule has 1 atom stereocenters. The molecule has 1 unspecified atom stereocenters. The summed E-state index contributed by atoms with van der Waals surface area (Å²) in [7, 11) is -0.874. The molecule has 4 nitrogen and oxygen atoms in total. The van der Waals surface area contributed by atoms with E-state index in [1.165, 1.54) is 0 Å². The maximum Gasteiger partial charge on any atom is 0.224 e. The van der Waals surface area contributed by atoms with E-state index in [9.17, 15) is 8.60 Å². The lowest BCUT2D eigenvalue weighted by Crippen LogP contribution is -2.14. The Labute approximate surface area is 94.7 Å². The molecule has 7 heteroatoms. The average Bonchev–Trinajstić information content (AvgIpc) is 2.23. The van der Waals surface area contributed by atoms with Crippen molar-refractivity contribution in [1.82, 2.24) is 9.97 Å². The predicted octanol–water partition coefficient (Wildman–Crippen LogP) is 1.45. The van der Waals surface area contributed by atoms with E-state index in [1.807, 2.05) is 6.92 Å². The van der Waals surface area contributed by atoms with Crippen LogP contribution < -0.4 is 5.32 Å². The summed E-state index contributed by atoms with van der Waals surface area (Å²) in [5.74, 6) is 0.525. The van der Waals surface area contributed by atoms with Crippen molar-refractivity contribution in [3.8, 4) is 0 Å². The molecule has 0 fully saturated rings. The van der Waals surface area contributed by atoms with Crippen LogP contribution in [0.25, 0.3) is 0 Å². The molecule has 1 aromatic rings. The Balaban J connectivity index is 2.50. The van der Waals surface area contributed by atoms with Crippen LogP contribution in [-0.2, 0) is 10.8 Å². The third kappa shape index (κ3) is 4.09. The topological polar surface area (TPSA) is 54.9 Å². The zero-order valence-electron chi connectivity index (χ0n) is 8.17. The lowest BCUT2D eigenvalue weighted by Gasteiger charge is -2.05. The Morgan fingerprint density at radius 3 is 3.07 bits per heavy atom. The summed E-state index contributed by atoms with van der Waals surface area (Å²) in [5.41, 5.74) is 0. The molecule has 0 bridgehead atoms. The van der Waals surface area contributed by atoms with E-state index in [4.69, 9.17) is 11.6 Å². The molecule has 0 amide bonds. The first-order valence-electron chi connectivity index (χ1n) is 4.40. The maximum atomic E-state index is 13.1. The minimum atomic E-state index is -0.874. The van der Waals surface area contributed by atoms with E-state index in [-0.39, 0.29) is 11.1 Å². The fourth-order valence-electron chi connectivity index (χ4n) is 0.897. The van der Waals surface area contributed by atoms with E-state index in [0.29, 0.717) is 18.1 Å². The van der Waals surface area contributed by atoms with Crippen LogP contribution in [0.1, 0.15) is 6.92 Å². The van der Waals surface area contributed by atoms with E-state index in [1.54, 1.807) is 0 Å². The summed E-state index contributed by atoms with van der Waals surface area (Å²) in [6.07, 6.45) is 0.994. The highest BCUT2D eigenvalue weighted by Crippen LogP contribution is 2.11. The van der Waals surface area contributed by atoms with Gasteiger partial charge in [-0.25, -0.2) is 9.37 Å². The summed E-state index contributed by atoms with van der Waals surface area (Å²) in [6, 6.07) is 0. The van der Waals surface area contributed by atoms with Gasteiger partial charge in [-0.3, -0.25) is 4.21 Å². The van der Waals surface area contributed by atoms with E-state index < -0.39 is 16.6 Å². The van der Waals surface area contributed by atoms with Crippen LogP contribution >= 0.6 is 11.6 Å². The molecule has 0 aromatic carbocycles. The van der Waals surface area contributed by atoms with Gasteiger partial charge in [0.05, 0.1) is 6.20 Å². The predicted molar refractivity (Wildman–Crippen MR) is 59.0 cm³/mol. The highest BCUT2D eigenvalue weighted by atomic mass is 35.5. The first-order chi connectivity index (χ1) is 7.13. The van der Waals surface area contributed by atoms with Gasteiger partial charge >= 0.3 is 0 Å². The number of nitrogens with zero attached hydrogens (tertiary/aromatic N) is 2. The molecule has 1 aromatic heterocycles. The zero-order valence-corrected chi connectivity index (χ0v) is 9.74. The first-order valence-corrected chi connectivity index (χ1v) is 6.27. The summed E-state index contributed by atoms with van der Waals surface area (Å²) in [5, 5.41) is 2.70. The molecule has 0 spiro atoms. The summed E-state index contributed by atoms with van der Waals surface area (Å²) in [6.45, 7) is 2.23. The second-order valence-corrected chi connectivity index (χ2v) is 4.90. The lowest BCUT2D eigenvalue weighted by atomic mass is 10.5. The van der Waals surface area contributed by atoms with Crippen molar-refractivity contribution in [3.05, 3.63) is 17.3 Å². The summed E-state index contributed by atoms with van der Waals surface area (Å²) >= 11 is 5.50. The van der Waals surface area contributed by atoms with Crippen molar-refractivity contribution in [3.63, 3.8) is 0 Å². The van der Waals surface area contributed by atoms with Crippen molar-refractivity contribution in [2.24, 2.45) is 0 Å². The van der Waals surface area contributed by atoms with Gasteiger partial charge in [0.1, 0.15) is 0 Å². The second-order valence-electron chi connectivity index (χ2n) is 2.69. The molecule has 1 N–H and O–H groups in total. The number of rotatable bonds is 5. The number of hydrogen-bond acceptors (Lipinski definition) is 4. The van der Waals surface area contributed by atoms with Gasteiger partial charge in [-0.05, 0) is 11.6 Å². The summed E-state index contributed by atoms with van der Waals surface area (Å²) < 4.78 is 24.1. The highest BCUT2D eigenvalue weighted by Gasteiger charge is 2.05. The fourth-order valence-corrected chi connectivity index (χ4v) is 1.65. The maximum absolute atomic E-state index is 13.1. The Hall–Kier alpha value is -0.750. The smallest absolute Gasteiger partial charge is 0.224 e. The number of hydrogen-bond donors (Lipinski definition) is 1. The average molecular weight is 252 g/mol. The van der Waals surface area contributed by atoms with E-state index in [0.717, 1.165) is 6.20 Å². The van der Waals surface area contributed by atoms with Crippen molar-refractivity contribution in [2.75, 3.05) is 23.4 Å². The summed E-state index contributed by atoms with van der Waals surface area (Å²) in [4.78, 5) is 7.14. The number of aromatic nitrogens is 2. The SMILES string of the molecule is CCS(=O)CCNc1nc(Cl)ncc1F. The third-order valence-electron chi connectivity index (χ3n) is 1.66. The van der Waals surface area contributed by atoms with Crippen LogP contribution in [0.5, 0.6) is 0 Å². The molecule has 0 aliphatic carbocycles. The Kier molecular flexibility index (Phi) is 4.90. The molecule has 84 valence electrons. The minimum Gasteiger partial charge on any atom is -0.367 e. The number of nitrogens with one attached hydrogen (secondary N) is 1. The van der Waals surface area contributed by atoms with Crippen LogP contribution in [0, 0.1) is 5.82 Å². The van der Waals surface area contributed by atoms with Crippen molar-refractivity contribution < 1.29 is 8.60 Å². The molecule has 15 heavy (non-hydrogen) atoms. The highest BCUT2D eigenvalue weighted by molar-refractivity contribution is 7.84. The largest absolute Gasteiger partial charge is 0.367 e. The van der Waals surface area contributed by atoms with Gasteiger partial charge in [0.15, 0.2) is 11.6 Å². The Morgan fingerprint density at radius 2 is 2.40 bits per heavy atom.